The zero-order chi connectivity index (χ0) is 23.1. The Morgan fingerprint density at radius 3 is 1.78 bits per heavy atom. The SMILES string of the molecule is CN(C)C(=O)c1ccc(NCC(=O)Nc2ccc(C(=O)N(C)c3ccccc3)cc2)cc1. The van der Waals surface area contributed by atoms with E-state index < -0.39 is 0 Å². The van der Waals surface area contributed by atoms with Gasteiger partial charge in [-0.15, -0.1) is 0 Å². The van der Waals surface area contributed by atoms with Crippen LogP contribution in [0.3, 0.4) is 0 Å². The van der Waals surface area contributed by atoms with Gasteiger partial charge in [-0.05, 0) is 60.7 Å². The highest BCUT2D eigenvalue weighted by atomic mass is 16.2. The molecule has 0 aliphatic rings. The van der Waals surface area contributed by atoms with E-state index in [9.17, 15) is 14.4 Å². The molecule has 164 valence electrons. The normalized spacial score (nSPS) is 10.2. The molecule has 0 fully saturated rings. The minimum absolute atomic E-state index is 0.0679. The Hall–Kier alpha value is -4.13. The van der Waals surface area contributed by atoms with Crippen molar-refractivity contribution in [2.45, 2.75) is 0 Å². The maximum atomic E-state index is 12.6. The first kappa shape index (κ1) is 22.6. The molecule has 32 heavy (non-hydrogen) atoms. The second-order valence-electron chi connectivity index (χ2n) is 7.46. The van der Waals surface area contributed by atoms with Crippen LogP contribution in [-0.4, -0.2) is 50.3 Å². The van der Waals surface area contributed by atoms with Crippen LogP contribution in [0.1, 0.15) is 20.7 Å². The van der Waals surface area contributed by atoms with Crippen LogP contribution < -0.4 is 15.5 Å². The van der Waals surface area contributed by atoms with Gasteiger partial charge < -0.3 is 20.4 Å². The number of nitrogens with zero attached hydrogens (tertiary/aromatic N) is 2. The smallest absolute Gasteiger partial charge is 0.258 e. The molecule has 0 aromatic heterocycles. The van der Waals surface area contributed by atoms with Crippen molar-refractivity contribution in [3.05, 3.63) is 90.0 Å². The van der Waals surface area contributed by atoms with Crippen LogP contribution in [0.25, 0.3) is 0 Å². The largest absolute Gasteiger partial charge is 0.376 e. The summed E-state index contributed by atoms with van der Waals surface area (Å²) in [6.07, 6.45) is 0. The summed E-state index contributed by atoms with van der Waals surface area (Å²) in [5, 5.41) is 5.82. The Kier molecular flexibility index (Phi) is 7.23. The number of amides is 3. The van der Waals surface area contributed by atoms with Crippen molar-refractivity contribution in [2.24, 2.45) is 0 Å². The van der Waals surface area contributed by atoms with Gasteiger partial charge in [-0.2, -0.15) is 0 Å². The highest BCUT2D eigenvalue weighted by molar-refractivity contribution is 6.06. The number of para-hydroxylation sites is 1. The van der Waals surface area contributed by atoms with Gasteiger partial charge in [0, 0.05) is 49.3 Å². The van der Waals surface area contributed by atoms with Gasteiger partial charge in [0.2, 0.25) is 5.91 Å². The molecule has 2 N–H and O–H groups in total. The molecule has 0 atom stereocenters. The average molecular weight is 431 g/mol. The van der Waals surface area contributed by atoms with E-state index in [1.807, 2.05) is 30.3 Å². The third kappa shape index (κ3) is 5.72. The van der Waals surface area contributed by atoms with E-state index in [1.165, 1.54) is 4.90 Å². The van der Waals surface area contributed by atoms with Gasteiger partial charge in [0.05, 0.1) is 6.54 Å². The molecular weight excluding hydrogens is 404 g/mol. The summed E-state index contributed by atoms with van der Waals surface area (Å²) in [6.45, 7) is 0.0679. The van der Waals surface area contributed by atoms with E-state index in [2.05, 4.69) is 10.6 Å². The molecule has 3 aromatic carbocycles. The molecule has 0 unspecified atom stereocenters. The van der Waals surface area contributed by atoms with Crippen molar-refractivity contribution in [2.75, 3.05) is 43.2 Å². The lowest BCUT2D eigenvalue weighted by Gasteiger charge is -2.17. The predicted octanol–water partition coefficient (Wildman–Crippen LogP) is 3.72. The van der Waals surface area contributed by atoms with E-state index in [0.29, 0.717) is 16.8 Å². The summed E-state index contributed by atoms with van der Waals surface area (Å²) in [6, 6.07) is 23.1. The lowest BCUT2D eigenvalue weighted by molar-refractivity contribution is -0.114. The maximum absolute atomic E-state index is 12.6. The quantitative estimate of drug-likeness (QED) is 0.599. The van der Waals surface area contributed by atoms with Gasteiger partial charge in [-0.1, -0.05) is 18.2 Å². The van der Waals surface area contributed by atoms with Crippen LogP contribution >= 0.6 is 0 Å². The first-order valence-electron chi connectivity index (χ1n) is 10.1. The molecule has 3 rings (SSSR count). The van der Waals surface area contributed by atoms with Crippen molar-refractivity contribution in [1.29, 1.82) is 0 Å². The van der Waals surface area contributed by atoms with Crippen molar-refractivity contribution in [1.82, 2.24) is 4.90 Å². The standard InChI is InChI=1S/C25H26N4O3/c1-28(2)24(31)18-9-13-20(14-10-18)26-17-23(30)27-21-15-11-19(12-16-21)25(32)29(3)22-7-5-4-6-8-22/h4-16,26H,17H2,1-3H3,(H,27,30). The van der Waals surface area contributed by atoms with Gasteiger partial charge in [0.25, 0.3) is 11.8 Å². The molecule has 0 spiro atoms. The topological polar surface area (TPSA) is 81.8 Å². The zero-order valence-electron chi connectivity index (χ0n) is 18.3. The molecule has 0 aliphatic carbocycles. The van der Waals surface area contributed by atoms with Gasteiger partial charge in [0.15, 0.2) is 0 Å². The Balaban J connectivity index is 1.52. The molecule has 0 saturated carbocycles. The average Bonchev–Trinajstić information content (AvgIpc) is 2.82. The lowest BCUT2D eigenvalue weighted by Crippen LogP contribution is -2.26. The van der Waals surface area contributed by atoms with E-state index in [4.69, 9.17) is 0 Å². The van der Waals surface area contributed by atoms with Crippen LogP contribution in [-0.2, 0) is 4.79 Å². The van der Waals surface area contributed by atoms with E-state index in [0.717, 1.165) is 11.4 Å². The Morgan fingerprint density at radius 1 is 0.688 bits per heavy atom. The van der Waals surface area contributed by atoms with Crippen molar-refractivity contribution in [3.8, 4) is 0 Å². The first-order valence-corrected chi connectivity index (χ1v) is 10.1. The lowest BCUT2D eigenvalue weighted by atomic mass is 10.1. The van der Waals surface area contributed by atoms with Crippen molar-refractivity contribution >= 4 is 34.8 Å². The highest BCUT2D eigenvalue weighted by Gasteiger charge is 2.13. The molecule has 0 heterocycles. The summed E-state index contributed by atoms with van der Waals surface area (Å²) in [5.74, 6) is -0.433. The van der Waals surface area contributed by atoms with Crippen LogP contribution in [0.5, 0.6) is 0 Å². The van der Waals surface area contributed by atoms with Crippen LogP contribution in [0, 0.1) is 0 Å². The summed E-state index contributed by atoms with van der Waals surface area (Å²) in [4.78, 5) is 39.9. The number of benzene rings is 3. The second-order valence-corrected chi connectivity index (χ2v) is 7.46. The minimum atomic E-state index is -0.223. The summed E-state index contributed by atoms with van der Waals surface area (Å²) in [7, 11) is 5.12. The number of carbonyl (C=O) groups excluding carboxylic acids is 3. The van der Waals surface area contributed by atoms with E-state index >= 15 is 0 Å². The fraction of sp³-hybridized carbons (Fsp3) is 0.160. The number of nitrogens with one attached hydrogen (secondary N) is 2. The second kappa shape index (κ2) is 10.3. The molecule has 3 aromatic rings. The van der Waals surface area contributed by atoms with E-state index in [-0.39, 0.29) is 24.3 Å². The Labute approximate surface area is 187 Å². The van der Waals surface area contributed by atoms with Gasteiger partial charge in [0.1, 0.15) is 0 Å². The third-order valence-electron chi connectivity index (χ3n) is 4.85. The summed E-state index contributed by atoms with van der Waals surface area (Å²) < 4.78 is 0. The van der Waals surface area contributed by atoms with Crippen LogP contribution in [0.15, 0.2) is 78.9 Å². The number of rotatable bonds is 7. The first-order chi connectivity index (χ1) is 15.3. The van der Waals surface area contributed by atoms with Gasteiger partial charge in [-0.25, -0.2) is 0 Å². The number of carbonyl (C=O) groups is 3. The van der Waals surface area contributed by atoms with Crippen LogP contribution in [0.4, 0.5) is 17.1 Å². The Bertz CT molecular complexity index is 1080. The van der Waals surface area contributed by atoms with Crippen LogP contribution in [0.2, 0.25) is 0 Å². The molecule has 7 nitrogen and oxygen atoms in total. The minimum Gasteiger partial charge on any atom is -0.376 e. The Morgan fingerprint density at radius 2 is 1.22 bits per heavy atom. The zero-order valence-corrected chi connectivity index (χ0v) is 18.3. The number of hydrogen-bond acceptors (Lipinski definition) is 4. The maximum Gasteiger partial charge on any atom is 0.258 e. The number of anilines is 3. The predicted molar refractivity (Wildman–Crippen MR) is 127 cm³/mol. The molecule has 0 radical (unpaired) electrons. The molecule has 0 bridgehead atoms. The molecule has 3 amide bonds. The summed E-state index contributed by atoms with van der Waals surface area (Å²) in [5.41, 5.74) is 3.25. The third-order valence-corrected chi connectivity index (χ3v) is 4.85. The fourth-order valence-electron chi connectivity index (χ4n) is 3.04. The molecule has 0 aliphatic heterocycles. The van der Waals surface area contributed by atoms with Gasteiger partial charge >= 0.3 is 0 Å². The summed E-state index contributed by atoms with van der Waals surface area (Å²) >= 11 is 0. The number of hydrogen-bond donors (Lipinski definition) is 2. The van der Waals surface area contributed by atoms with Gasteiger partial charge in [-0.3, -0.25) is 14.4 Å². The highest BCUT2D eigenvalue weighted by Crippen LogP contribution is 2.17. The van der Waals surface area contributed by atoms with E-state index in [1.54, 1.807) is 74.6 Å². The molecule has 0 saturated heterocycles. The molecule has 7 heteroatoms. The van der Waals surface area contributed by atoms with Crippen molar-refractivity contribution in [3.63, 3.8) is 0 Å². The fourth-order valence-corrected chi connectivity index (χ4v) is 3.04. The monoisotopic (exact) mass is 430 g/mol. The van der Waals surface area contributed by atoms with Crippen molar-refractivity contribution < 1.29 is 14.4 Å². The molecular formula is C25H26N4O3.